The average molecular weight is 552 g/mol. The topological polar surface area (TPSA) is 165 Å². The van der Waals surface area contributed by atoms with E-state index in [4.69, 9.17) is 5.73 Å². The summed E-state index contributed by atoms with van der Waals surface area (Å²) < 4.78 is 0. The van der Waals surface area contributed by atoms with E-state index in [2.05, 4.69) is 4.90 Å². The fourth-order valence-electron chi connectivity index (χ4n) is 7.24. The lowest BCUT2D eigenvalue weighted by molar-refractivity contribution is -0.148. The second-order valence-electron chi connectivity index (χ2n) is 12.6. The third-order valence-electron chi connectivity index (χ3n) is 9.52. The number of Topliss-reactive ketones (excluding diaryl/α,β-unsaturated/α-hetero) is 2. The van der Waals surface area contributed by atoms with Crippen molar-refractivity contribution in [2.24, 2.45) is 29.4 Å². The van der Waals surface area contributed by atoms with E-state index in [0.29, 0.717) is 24.8 Å². The second-order valence-corrected chi connectivity index (χ2v) is 12.6. The molecule has 1 amide bonds. The summed E-state index contributed by atoms with van der Waals surface area (Å²) in [5, 5.41) is 44.9. The van der Waals surface area contributed by atoms with Gasteiger partial charge in [-0.3, -0.25) is 24.2 Å². The van der Waals surface area contributed by atoms with Crippen molar-refractivity contribution in [3.8, 4) is 5.75 Å². The van der Waals surface area contributed by atoms with Crippen LogP contribution < -0.4 is 5.73 Å². The fraction of sp³-hybridized carbons (Fsp3) is 0.567. The van der Waals surface area contributed by atoms with Crippen LogP contribution in [0.2, 0.25) is 0 Å². The molecule has 2 fully saturated rings. The molecule has 0 spiro atoms. The van der Waals surface area contributed by atoms with Gasteiger partial charge in [0.2, 0.25) is 5.78 Å². The summed E-state index contributed by atoms with van der Waals surface area (Å²) in [6.45, 7) is 2.66. The number of carbonyl (C=O) groups excluding carboxylic acids is 3. The first-order valence-electron chi connectivity index (χ1n) is 14.1. The molecule has 214 valence electrons. The average Bonchev–Trinajstić information content (AvgIpc) is 3.80. The van der Waals surface area contributed by atoms with E-state index in [-0.39, 0.29) is 23.3 Å². The van der Waals surface area contributed by atoms with Gasteiger partial charge in [0.15, 0.2) is 11.4 Å². The number of allylic oxidation sites excluding steroid dienone is 1. The monoisotopic (exact) mass is 551 g/mol. The fourth-order valence-corrected chi connectivity index (χ4v) is 7.24. The molecule has 0 radical (unpaired) electrons. The molecule has 5 aliphatic rings. The van der Waals surface area contributed by atoms with Crippen LogP contribution in [0, 0.1) is 23.7 Å². The van der Waals surface area contributed by atoms with Crippen LogP contribution in [0.25, 0.3) is 0 Å². The first-order chi connectivity index (χ1) is 18.9. The number of primary amides is 1. The van der Waals surface area contributed by atoms with Crippen molar-refractivity contribution in [3.63, 3.8) is 0 Å². The summed E-state index contributed by atoms with van der Waals surface area (Å²) in [6, 6.07) is 2.36. The van der Waals surface area contributed by atoms with Crippen molar-refractivity contribution >= 4 is 17.5 Å². The largest absolute Gasteiger partial charge is 0.510 e. The summed E-state index contributed by atoms with van der Waals surface area (Å²) in [7, 11) is 3.25. The highest BCUT2D eigenvalue weighted by Gasteiger charge is 2.63. The smallest absolute Gasteiger partial charge is 0.255 e. The van der Waals surface area contributed by atoms with Crippen LogP contribution in [0.3, 0.4) is 0 Å². The summed E-state index contributed by atoms with van der Waals surface area (Å²) >= 11 is 0. The van der Waals surface area contributed by atoms with Gasteiger partial charge in [-0.1, -0.05) is 6.07 Å². The molecule has 4 atom stereocenters. The molecule has 6 rings (SSSR count). The molecular weight excluding hydrogens is 514 g/mol. The Morgan fingerprint density at radius 1 is 1.05 bits per heavy atom. The SMILES string of the molecule is CN(C)C1C(O)=C(C(N)=O)C(=O)[C@]2(O)C(O)=C3C(=O)c4c(O)ccc(CN(CC5CC5)CC5CC5)c4C[C@H]3C[C@H]12. The number of phenols is 1. The van der Waals surface area contributed by atoms with Gasteiger partial charge in [-0.25, -0.2) is 0 Å². The molecule has 0 saturated heterocycles. The standard InChI is InChI=1S/C30H37N3O7/c1-32(2)24-19-10-17-9-18-16(13-33(11-14-3-4-14)12-15-5-6-15)7-8-20(34)22(18)25(35)21(17)27(37)30(19,40)28(38)23(26(24)36)29(31)39/h7-8,14-15,17,19,24,34,36-37,40H,3-6,9-13H2,1-2H3,(H2,31,39)/t17-,19+,24?,30+/m0/s1. The second kappa shape index (κ2) is 9.43. The highest BCUT2D eigenvalue weighted by Crippen LogP contribution is 2.52. The number of phenolic OH excluding ortho intramolecular Hbond substituents is 1. The number of carbonyl (C=O) groups is 3. The number of aliphatic hydroxyl groups excluding tert-OH is 2. The lowest BCUT2D eigenvalue weighted by atomic mass is 9.58. The van der Waals surface area contributed by atoms with Gasteiger partial charge in [-0.2, -0.15) is 0 Å². The number of hydrogen-bond donors (Lipinski definition) is 5. The maximum atomic E-state index is 13.9. The van der Waals surface area contributed by atoms with Crippen molar-refractivity contribution in [3.05, 3.63) is 51.5 Å². The van der Waals surface area contributed by atoms with Crippen molar-refractivity contribution in [2.45, 2.75) is 56.7 Å². The summed E-state index contributed by atoms with van der Waals surface area (Å²) in [6.07, 6.45) is 5.35. The molecular formula is C30H37N3O7. The number of nitrogens with zero attached hydrogens (tertiary/aromatic N) is 2. The van der Waals surface area contributed by atoms with E-state index < -0.39 is 58.0 Å². The van der Waals surface area contributed by atoms with Crippen molar-refractivity contribution in [1.82, 2.24) is 9.80 Å². The number of rotatable bonds is 8. The first-order valence-corrected chi connectivity index (χ1v) is 14.1. The first kappa shape index (κ1) is 27.0. The molecule has 0 aliphatic heterocycles. The van der Waals surface area contributed by atoms with Gasteiger partial charge in [0.05, 0.1) is 11.6 Å². The minimum absolute atomic E-state index is 0.0797. The number of aromatic hydroxyl groups is 1. The minimum Gasteiger partial charge on any atom is -0.510 e. The summed E-state index contributed by atoms with van der Waals surface area (Å²) in [4.78, 5) is 43.5. The molecule has 1 aromatic carbocycles. The molecule has 6 N–H and O–H groups in total. The molecule has 1 aromatic rings. The van der Waals surface area contributed by atoms with Gasteiger partial charge in [0.25, 0.3) is 5.91 Å². The number of nitrogens with two attached hydrogens (primary N) is 1. The zero-order chi connectivity index (χ0) is 28.7. The Hall–Kier alpha value is -3.21. The maximum absolute atomic E-state index is 13.9. The Morgan fingerprint density at radius 2 is 1.68 bits per heavy atom. The van der Waals surface area contributed by atoms with Crippen LogP contribution in [0.1, 0.15) is 53.6 Å². The lowest BCUT2D eigenvalue weighted by Crippen LogP contribution is -2.63. The number of fused-ring (bicyclic) bond motifs is 3. The highest BCUT2D eigenvalue weighted by molar-refractivity contribution is 6.24. The highest BCUT2D eigenvalue weighted by atomic mass is 16.3. The number of likely N-dealkylation sites (N-methyl/N-ethyl adjacent to an activating group) is 1. The van der Waals surface area contributed by atoms with E-state index in [1.54, 1.807) is 19.0 Å². The number of ketones is 2. The predicted octanol–water partition coefficient (Wildman–Crippen LogP) is 1.74. The van der Waals surface area contributed by atoms with Crippen LogP contribution in [-0.2, 0) is 22.6 Å². The number of benzene rings is 1. The third kappa shape index (κ3) is 4.15. The van der Waals surface area contributed by atoms with Gasteiger partial charge in [-0.05, 0) is 87.6 Å². The van der Waals surface area contributed by atoms with Crippen LogP contribution in [0.15, 0.2) is 34.8 Å². The van der Waals surface area contributed by atoms with Crippen LogP contribution in [0.5, 0.6) is 5.75 Å². The van der Waals surface area contributed by atoms with E-state index in [1.807, 2.05) is 6.07 Å². The van der Waals surface area contributed by atoms with Gasteiger partial charge < -0.3 is 26.2 Å². The van der Waals surface area contributed by atoms with Gasteiger partial charge in [0.1, 0.15) is 22.8 Å². The molecule has 1 unspecified atom stereocenters. The third-order valence-corrected chi connectivity index (χ3v) is 9.52. The van der Waals surface area contributed by atoms with Crippen molar-refractivity contribution in [2.75, 3.05) is 27.2 Å². The molecule has 10 nitrogen and oxygen atoms in total. The van der Waals surface area contributed by atoms with Gasteiger partial charge in [-0.15, -0.1) is 0 Å². The molecule has 0 aromatic heterocycles. The minimum atomic E-state index is -2.62. The summed E-state index contributed by atoms with van der Waals surface area (Å²) in [5.74, 6) is -4.90. The Bertz CT molecular complexity index is 1360. The van der Waals surface area contributed by atoms with Gasteiger partial charge >= 0.3 is 0 Å². The maximum Gasteiger partial charge on any atom is 0.255 e. The normalized spacial score (nSPS) is 30.1. The molecule has 40 heavy (non-hydrogen) atoms. The van der Waals surface area contributed by atoms with Gasteiger partial charge in [0, 0.05) is 31.1 Å². The molecule has 10 heteroatoms. The van der Waals surface area contributed by atoms with Crippen LogP contribution >= 0.6 is 0 Å². The van der Waals surface area contributed by atoms with E-state index in [1.165, 1.54) is 31.7 Å². The summed E-state index contributed by atoms with van der Waals surface area (Å²) in [5.41, 5.74) is 3.59. The molecule has 0 heterocycles. The van der Waals surface area contributed by atoms with E-state index in [0.717, 1.165) is 24.2 Å². The number of amides is 1. The lowest BCUT2D eigenvalue weighted by Gasteiger charge is -2.50. The Balaban J connectivity index is 1.42. The Labute approximate surface area is 232 Å². The molecule has 2 saturated carbocycles. The van der Waals surface area contributed by atoms with Crippen molar-refractivity contribution < 1.29 is 34.8 Å². The zero-order valence-corrected chi connectivity index (χ0v) is 22.9. The van der Waals surface area contributed by atoms with Crippen LogP contribution in [0.4, 0.5) is 0 Å². The number of aliphatic hydroxyl groups is 3. The van der Waals surface area contributed by atoms with Crippen molar-refractivity contribution in [1.29, 1.82) is 0 Å². The van der Waals surface area contributed by atoms with E-state index >= 15 is 0 Å². The quantitative estimate of drug-likeness (QED) is 0.303. The van der Waals surface area contributed by atoms with E-state index in [9.17, 15) is 34.8 Å². The zero-order valence-electron chi connectivity index (χ0n) is 22.9. The van der Waals surface area contributed by atoms with Crippen LogP contribution in [-0.4, -0.2) is 86.5 Å². The Morgan fingerprint density at radius 3 is 2.23 bits per heavy atom. The predicted molar refractivity (Wildman–Crippen MR) is 144 cm³/mol. The number of hydrogen-bond acceptors (Lipinski definition) is 9. The Kier molecular flexibility index (Phi) is 6.36. The molecule has 5 aliphatic carbocycles. The molecule has 0 bridgehead atoms.